The number of rotatable bonds is 1. The van der Waals surface area contributed by atoms with E-state index in [2.05, 4.69) is 0 Å². The average Bonchev–Trinajstić information content (AvgIpc) is 2.64. The van der Waals surface area contributed by atoms with Crippen molar-refractivity contribution in [1.82, 2.24) is 0 Å². The Morgan fingerprint density at radius 2 is 2.00 bits per heavy atom. The zero-order chi connectivity index (χ0) is 11.8. The lowest BCUT2D eigenvalue weighted by atomic mass is 10.2. The number of alkyl halides is 3. The highest BCUT2D eigenvalue weighted by Gasteiger charge is 2.31. The highest BCUT2D eigenvalue weighted by Crippen LogP contribution is 2.32. The molecule has 17 heavy (non-hydrogen) atoms. The van der Waals surface area contributed by atoms with E-state index in [9.17, 15) is 18.3 Å². The molecule has 1 fully saturated rings. The molecule has 0 radical (unpaired) electrons. The summed E-state index contributed by atoms with van der Waals surface area (Å²) in [7, 11) is 0. The summed E-state index contributed by atoms with van der Waals surface area (Å²) in [6.45, 7) is 1.00. The minimum absolute atomic E-state index is 0. The Balaban J connectivity index is 0.00000144. The Hall–Kier alpha value is -0.940. The van der Waals surface area contributed by atoms with Crippen LogP contribution >= 0.6 is 12.4 Å². The van der Waals surface area contributed by atoms with Gasteiger partial charge in [0.25, 0.3) is 0 Å². The van der Waals surface area contributed by atoms with E-state index in [1.54, 1.807) is 11.0 Å². The minimum atomic E-state index is -4.31. The van der Waals surface area contributed by atoms with Gasteiger partial charge < -0.3 is 10.0 Å². The topological polar surface area (TPSA) is 23.5 Å². The van der Waals surface area contributed by atoms with E-state index in [1.165, 1.54) is 6.07 Å². The number of nitrogens with zero attached hydrogens (tertiary/aromatic N) is 1. The molecule has 1 heterocycles. The molecule has 0 aliphatic carbocycles. The van der Waals surface area contributed by atoms with Gasteiger partial charge in [0.2, 0.25) is 0 Å². The Labute approximate surface area is 103 Å². The van der Waals surface area contributed by atoms with Crippen LogP contribution in [0.25, 0.3) is 0 Å². The number of anilines is 1. The quantitative estimate of drug-likeness (QED) is 0.846. The van der Waals surface area contributed by atoms with Crippen molar-refractivity contribution in [1.29, 1.82) is 0 Å². The molecule has 0 amide bonds. The van der Waals surface area contributed by atoms with E-state index < -0.39 is 17.8 Å². The normalized spacial score (nSPS) is 20.2. The molecule has 0 spiro atoms. The third-order valence-corrected chi connectivity index (χ3v) is 2.70. The Bertz CT molecular complexity index is 383. The zero-order valence-corrected chi connectivity index (χ0v) is 9.76. The molecule has 2 rings (SSSR count). The first-order valence-corrected chi connectivity index (χ1v) is 5.07. The summed E-state index contributed by atoms with van der Waals surface area (Å²) in [6.07, 6.45) is -4.14. The first-order chi connectivity index (χ1) is 7.47. The van der Waals surface area contributed by atoms with Crippen LogP contribution in [0.2, 0.25) is 0 Å². The zero-order valence-electron chi connectivity index (χ0n) is 8.94. The molecule has 1 saturated heterocycles. The van der Waals surface area contributed by atoms with E-state index in [-0.39, 0.29) is 12.4 Å². The summed E-state index contributed by atoms with van der Waals surface area (Å²) in [5.41, 5.74) is -0.127. The molecule has 2 nitrogen and oxygen atoms in total. The lowest BCUT2D eigenvalue weighted by molar-refractivity contribution is -0.137. The second kappa shape index (κ2) is 5.14. The van der Waals surface area contributed by atoms with Crippen molar-refractivity contribution in [3.63, 3.8) is 0 Å². The fourth-order valence-corrected chi connectivity index (χ4v) is 1.86. The van der Waals surface area contributed by atoms with E-state index in [0.29, 0.717) is 25.2 Å². The predicted octanol–water partition coefficient (Wildman–Crippen LogP) is 2.70. The number of hydrogen-bond acceptors (Lipinski definition) is 2. The van der Waals surface area contributed by atoms with Crippen LogP contribution in [-0.4, -0.2) is 24.3 Å². The maximum Gasteiger partial charge on any atom is 0.416 e. The predicted molar refractivity (Wildman–Crippen MR) is 61.5 cm³/mol. The van der Waals surface area contributed by atoms with Crippen molar-refractivity contribution in [3.05, 3.63) is 29.8 Å². The number of aliphatic hydroxyl groups excluding tert-OH is 1. The molecule has 1 aliphatic rings. The summed E-state index contributed by atoms with van der Waals surface area (Å²) in [4.78, 5) is 1.76. The van der Waals surface area contributed by atoms with Crippen molar-refractivity contribution in [3.8, 4) is 0 Å². The smallest absolute Gasteiger partial charge is 0.391 e. The van der Waals surface area contributed by atoms with E-state index in [1.807, 2.05) is 0 Å². The maximum atomic E-state index is 12.5. The fourth-order valence-electron chi connectivity index (χ4n) is 1.86. The van der Waals surface area contributed by atoms with Crippen molar-refractivity contribution in [2.75, 3.05) is 18.0 Å². The van der Waals surface area contributed by atoms with Crippen LogP contribution in [0.15, 0.2) is 24.3 Å². The largest absolute Gasteiger partial charge is 0.416 e. The highest BCUT2D eigenvalue weighted by molar-refractivity contribution is 5.85. The number of benzene rings is 1. The van der Waals surface area contributed by atoms with Gasteiger partial charge in [-0.25, -0.2) is 0 Å². The Morgan fingerprint density at radius 1 is 1.29 bits per heavy atom. The van der Waals surface area contributed by atoms with Crippen LogP contribution in [-0.2, 0) is 6.18 Å². The van der Waals surface area contributed by atoms with Gasteiger partial charge in [-0.1, -0.05) is 6.07 Å². The molecule has 0 bridgehead atoms. The molecule has 1 N–H and O–H groups in total. The van der Waals surface area contributed by atoms with Gasteiger partial charge >= 0.3 is 6.18 Å². The molecular weight excluding hydrogens is 255 g/mol. The van der Waals surface area contributed by atoms with E-state index in [0.717, 1.165) is 12.1 Å². The monoisotopic (exact) mass is 267 g/mol. The third kappa shape index (κ3) is 3.26. The highest BCUT2D eigenvalue weighted by atomic mass is 35.5. The summed E-state index contributed by atoms with van der Waals surface area (Å²) in [5.74, 6) is 0. The van der Waals surface area contributed by atoms with Gasteiger partial charge in [0.15, 0.2) is 0 Å². The second-order valence-corrected chi connectivity index (χ2v) is 3.94. The van der Waals surface area contributed by atoms with Gasteiger partial charge in [-0.3, -0.25) is 0 Å². The first-order valence-electron chi connectivity index (χ1n) is 5.07. The molecule has 1 aromatic carbocycles. The molecular formula is C11H13ClF3NO. The number of β-amino-alcohol motifs (C(OH)–C–C–N with tert-alkyl or cyclic N) is 1. The molecule has 0 aromatic heterocycles. The fraction of sp³-hybridized carbons (Fsp3) is 0.455. The SMILES string of the molecule is Cl.OC1CCN(c2cccc(C(F)(F)F)c2)C1. The van der Waals surface area contributed by atoms with Crippen LogP contribution in [0, 0.1) is 0 Å². The molecule has 96 valence electrons. The maximum absolute atomic E-state index is 12.5. The van der Waals surface area contributed by atoms with Crippen LogP contribution in [0.1, 0.15) is 12.0 Å². The van der Waals surface area contributed by atoms with Gasteiger partial charge in [-0.2, -0.15) is 13.2 Å². The summed E-state index contributed by atoms with van der Waals surface area (Å²) in [5, 5.41) is 9.33. The van der Waals surface area contributed by atoms with Gasteiger partial charge in [0.05, 0.1) is 11.7 Å². The number of aliphatic hydroxyl groups is 1. The lowest BCUT2D eigenvalue weighted by Gasteiger charge is -2.19. The standard InChI is InChI=1S/C11H12F3NO.ClH/c12-11(13,14)8-2-1-3-9(6-8)15-5-4-10(16)7-15;/h1-3,6,10,16H,4-5,7H2;1H. The summed E-state index contributed by atoms with van der Waals surface area (Å²) >= 11 is 0. The average molecular weight is 268 g/mol. The molecule has 1 aromatic rings. The van der Waals surface area contributed by atoms with Crippen molar-refractivity contribution in [2.45, 2.75) is 18.7 Å². The van der Waals surface area contributed by atoms with Gasteiger partial charge in [-0.15, -0.1) is 12.4 Å². The minimum Gasteiger partial charge on any atom is -0.391 e. The molecule has 1 aliphatic heterocycles. The summed E-state index contributed by atoms with van der Waals surface area (Å²) in [6, 6.07) is 5.20. The van der Waals surface area contributed by atoms with Crippen molar-refractivity contribution < 1.29 is 18.3 Å². The van der Waals surface area contributed by atoms with Crippen LogP contribution in [0.4, 0.5) is 18.9 Å². The third-order valence-electron chi connectivity index (χ3n) is 2.70. The van der Waals surface area contributed by atoms with Gasteiger partial charge in [0.1, 0.15) is 0 Å². The van der Waals surface area contributed by atoms with Gasteiger partial charge in [0, 0.05) is 18.8 Å². The van der Waals surface area contributed by atoms with Crippen LogP contribution < -0.4 is 4.90 Å². The van der Waals surface area contributed by atoms with E-state index in [4.69, 9.17) is 0 Å². The molecule has 0 saturated carbocycles. The van der Waals surface area contributed by atoms with Crippen LogP contribution in [0.3, 0.4) is 0 Å². The summed E-state index contributed by atoms with van der Waals surface area (Å²) < 4.78 is 37.4. The molecule has 6 heteroatoms. The molecule has 1 atom stereocenters. The van der Waals surface area contributed by atoms with Crippen LogP contribution in [0.5, 0.6) is 0 Å². The van der Waals surface area contributed by atoms with Gasteiger partial charge in [-0.05, 0) is 24.6 Å². The lowest BCUT2D eigenvalue weighted by Crippen LogP contribution is -2.21. The first kappa shape index (κ1) is 14.1. The number of hydrogen-bond donors (Lipinski definition) is 1. The Kier molecular flexibility index (Phi) is 4.27. The van der Waals surface area contributed by atoms with E-state index >= 15 is 0 Å². The molecule has 1 unspecified atom stereocenters. The van der Waals surface area contributed by atoms with Crippen molar-refractivity contribution in [2.24, 2.45) is 0 Å². The Morgan fingerprint density at radius 3 is 2.53 bits per heavy atom. The number of halogens is 4. The van der Waals surface area contributed by atoms with Crippen molar-refractivity contribution >= 4 is 18.1 Å². The second-order valence-electron chi connectivity index (χ2n) is 3.94.